The van der Waals surface area contributed by atoms with Gasteiger partial charge in [-0.2, -0.15) is 5.10 Å². The molecule has 1 N–H and O–H groups in total. The van der Waals surface area contributed by atoms with Crippen molar-refractivity contribution in [2.24, 2.45) is 0 Å². The highest BCUT2D eigenvalue weighted by atomic mass is 15.3. The third-order valence-corrected chi connectivity index (χ3v) is 2.22. The largest absolute Gasteiger partial charge is 0.383 e. The van der Waals surface area contributed by atoms with E-state index in [0.717, 1.165) is 24.3 Å². The Balaban J connectivity index is 2.30. The molecule has 0 amide bonds. The van der Waals surface area contributed by atoms with Gasteiger partial charge in [-0.1, -0.05) is 19.1 Å². The van der Waals surface area contributed by atoms with Crippen LogP contribution in [0.25, 0.3) is 5.69 Å². The van der Waals surface area contributed by atoms with Gasteiger partial charge >= 0.3 is 0 Å². The van der Waals surface area contributed by atoms with Crippen molar-refractivity contribution in [3.8, 4) is 5.69 Å². The molecule has 0 unspecified atom stereocenters. The molecule has 0 atom stereocenters. The van der Waals surface area contributed by atoms with E-state index in [2.05, 4.69) is 29.5 Å². The van der Waals surface area contributed by atoms with Gasteiger partial charge in [0.1, 0.15) is 0 Å². The lowest BCUT2D eigenvalue weighted by molar-refractivity contribution is 0.876. The number of anilines is 1. The third kappa shape index (κ3) is 2.18. The molecular formula is C12H15N3. The molecule has 0 aliphatic rings. The van der Waals surface area contributed by atoms with Crippen molar-refractivity contribution >= 4 is 5.69 Å². The maximum Gasteiger partial charge on any atom is 0.0876 e. The molecule has 0 aliphatic carbocycles. The van der Waals surface area contributed by atoms with Crippen LogP contribution in [0.1, 0.15) is 13.3 Å². The molecule has 1 heterocycles. The number of hydrogen-bond acceptors (Lipinski definition) is 2. The number of nitrogens with one attached hydrogen (secondary N) is 1. The first kappa shape index (κ1) is 9.77. The fourth-order valence-corrected chi connectivity index (χ4v) is 1.49. The van der Waals surface area contributed by atoms with E-state index in [0.29, 0.717) is 0 Å². The molecule has 0 bridgehead atoms. The van der Waals surface area contributed by atoms with Crippen LogP contribution in [0.2, 0.25) is 0 Å². The quantitative estimate of drug-likeness (QED) is 0.824. The SMILES string of the molecule is CCCNc1ccccc1-n1cccn1. The molecule has 0 fully saturated rings. The molecule has 0 spiro atoms. The summed E-state index contributed by atoms with van der Waals surface area (Å²) in [5, 5.41) is 7.62. The Bertz CT molecular complexity index is 407. The minimum absolute atomic E-state index is 0.984. The molecule has 2 aromatic rings. The summed E-state index contributed by atoms with van der Waals surface area (Å²) in [6.45, 7) is 3.14. The second kappa shape index (κ2) is 4.64. The smallest absolute Gasteiger partial charge is 0.0876 e. The summed E-state index contributed by atoms with van der Waals surface area (Å²) in [4.78, 5) is 0. The molecule has 3 heteroatoms. The fourth-order valence-electron chi connectivity index (χ4n) is 1.49. The summed E-state index contributed by atoms with van der Waals surface area (Å²) in [7, 11) is 0. The second-order valence-corrected chi connectivity index (χ2v) is 3.39. The predicted octanol–water partition coefficient (Wildman–Crippen LogP) is 2.69. The van der Waals surface area contributed by atoms with Crippen LogP contribution in [0.5, 0.6) is 0 Å². The van der Waals surface area contributed by atoms with E-state index >= 15 is 0 Å². The van der Waals surface area contributed by atoms with E-state index in [9.17, 15) is 0 Å². The molecule has 78 valence electrons. The van der Waals surface area contributed by atoms with Crippen LogP contribution in [-0.2, 0) is 0 Å². The van der Waals surface area contributed by atoms with E-state index in [1.807, 2.05) is 29.1 Å². The van der Waals surface area contributed by atoms with Gasteiger partial charge in [-0.15, -0.1) is 0 Å². The summed E-state index contributed by atoms with van der Waals surface area (Å²) in [6, 6.07) is 10.1. The van der Waals surface area contributed by atoms with Gasteiger partial charge in [-0.25, -0.2) is 4.68 Å². The summed E-state index contributed by atoms with van der Waals surface area (Å²) >= 11 is 0. The van der Waals surface area contributed by atoms with Gasteiger partial charge in [-0.3, -0.25) is 0 Å². The minimum atomic E-state index is 0.984. The van der Waals surface area contributed by atoms with Crippen LogP contribution in [0.4, 0.5) is 5.69 Å². The number of nitrogens with zero attached hydrogens (tertiary/aromatic N) is 2. The monoisotopic (exact) mass is 201 g/mol. The maximum absolute atomic E-state index is 4.23. The Kier molecular flexibility index (Phi) is 3.02. The van der Waals surface area contributed by atoms with Crippen molar-refractivity contribution in [1.82, 2.24) is 9.78 Å². The fraction of sp³-hybridized carbons (Fsp3) is 0.250. The number of rotatable bonds is 4. The first-order valence-corrected chi connectivity index (χ1v) is 5.24. The molecule has 15 heavy (non-hydrogen) atoms. The highest BCUT2D eigenvalue weighted by molar-refractivity contribution is 5.60. The number of aromatic nitrogens is 2. The van der Waals surface area contributed by atoms with E-state index < -0.39 is 0 Å². The molecular weight excluding hydrogens is 186 g/mol. The van der Waals surface area contributed by atoms with Crippen LogP contribution >= 0.6 is 0 Å². The molecule has 0 saturated carbocycles. The van der Waals surface area contributed by atoms with Crippen molar-refractivity contribution in [2.45, 2.75) is 13.3 Å². The molecule has 0 saturated heterocycles. The summed E-state index contributed by atoms with van der Waals surface area (Å²) in [5.74, 6) is 0. The normalized spacial score (nSPS) is 10.2. The molecule has 2 rings (SSSR count). The standard InChI is InChI=1S/C12H15N3/c1-2-8-13-11-6-3-4-7-12(11)15-10-5-9-14-15/h3-7,9-10,13H,2,8H2,1H3. The second-order valence-electron chi connectivity index (χ2n) is 3.39. The first-order valence-electron chi connectivity index (χ1n) is 5.24. The van der Waals surface area contributed by atoms with Crippen molar-refractivity contribution in [3.05, 3.63) is 42.7 Å². The van der Waals surface area contributed by atoms with Crippen LogP contribution in [-0.4, -0.2) is 16.3 Å². The van der Waals surface area contributed by atoms with E-state index in [-0.39, 0.29) is 0 Å². The Hall–Kier alpha value is -1.77. The van der Waals surface area contributed by atoms with Gasteiger partial charge in [0.15, 0.2) is 0 Å². The Morgan fingerprint density at radius 2 is 2.13 bits per heavy atom. The summed E-state index contributed by atoms with van der Waals surface area (Å²) in [6.07, 6.45) is 4.86. The van der Waals surface area contributed by atoms with Crippen LogP contribution in [0, 0.1) is 0 Å². The van der Waals surface area contributed by atoms with Gasteiger partial charge < -0.3 is 5.32 Å². The Morgan fingerprint density at radius 1 is 1.27 bits per heavy atom. The lowest BCUT2D eigenvalue weighted by Crippen LogP contribution is -2.05. The molecule has 0 aliphatic heterocycles. The minimum Gasteiger partial charge on any atom is -0.383 e. The van der Waals surface area contributed by atoms with Gasteiger partial charge in [-0.05, 0) is 24.6 Å². The lowest BCUT2D eigenvalue weighted by atomic mass is 10.2. The van der Waals surface area contributed by atoms with Crippen molar-refractivity contribution in [3.63, 3.8) is 0 Å². The maximum atomic E-state index is 4.23. The van der Waals surface area contributed by atoms with E-state index in [1.165, 1.54) is 0 Å². The first-order chi connectivity index (χ1) is 7.42. The zero-order chi connectivity index (χ0) is 10.5. The Labute approximate surface area is 89.7 Å². The topological polar surface area (TPSA) is 29.9 Å². The van der Waals surface area contributed by atoms with Gasteiger partial charge in [0, 0.05) is 18.9 Å². The zero-order valence-electron chi connectivity index (χ0n) is 8.85. The average molecular weight is 201 g/mol. The number of benzene rings is 1. The predicted molar refractivity (Wildman–Crippen MR) is 62.3 cm³/mol. The van der Waals surface area contributed by atoms with Crippen LogP contribution in [0.15, 0.2) is 42.7 Å². The van der Waals surface area contributed by atoms with Gasteiger partial charge in [0.2, 0.25) is 0 Å². The average Bonchev–Trinajstić information content (AvgIpc) is 2.80. The lowest BCUT2D eigenvalue weighted by Gasteiger charge is -2.10. The Morgan fingerprint density at radius 3 is 2.87 bits per heavy atom. The van der Waals surface area contributed by atoms with E-state index in [1.54, 1.807) is 6.20 Å². The highest BCUT2D eigenvalue weighted by Crippen LogP contribution is 2.18. The third-order valence-electron chi connectivity index (χ3n) is 2.22. The zero-order valence-corrected chi connectivity index (χ0v) is 8.85. The van der Waals surface area contributed by atoms with E-state index in [4.69, 9.17) is 0 Å². The summed E-state index contributed by atoms with van der Waals surface area (Å²) in [5.41, 5.74) is 2.22. The number of para-hydroxylation sites is 2. The van der Waals surface area contributed by atoms with Crippen LogP contribution in [0.3, 0.4) is 0 Å². The van der Waals surface area contributed by atoms with Crippen molar-refractivity contribution in [2.75, 3.05) is 11.9 Å². The van der Waals surface area contributed by atoms with Crippen molar-refractivity contribution in [1.29, 1.82) is 0 Å². The highest BCUT2D eigenvalue weighted by Gasteiger charge is 2.02. The molecule has 0 radical (unpaired) electrons. The van der Waals surface area contributed by atoms with Crippen molar-refractivity contribution < 1.29 is 0 Å². The van der Waals surface area contributed by atoms with Gasteiger partial charge in [0.05, 0.1) is 11.4 Å². The molecule has 1 aromatic heterocycles. The molecule has 3 nitrogen and oxygen atoms in total. The molecule has 1 aromatic carbocycles. The van der Waals surface area contributed by atoms with Crippen LogP contribution < -0.4 is 5.32 Å². The van der Waals surface area contributed by atoms with Gasteiger partial charge in [0.25, 0.3) is 0 Å². The summed E-state index contributed by atoms with van der Waals surface area (Å²) < 4.78 is 1.87. The number of hydrogen-bond donors (Lipinski definition) is 1.